The number of nitrogens with two attached hydrogens (primary N) is 2. The van der Waals surface area contributed by atoms with Crippen LogP contribution < -0.4 is 11.5 Å². The van der Waals surface area contributed by atoms with Crippen molar-refractivity contribution in [2.24, 2.45) is 11.7 Å². The molecule has 2 aliphatic rings. The number of imide groups is 1. The molecule has 2 aliphatic heterocycles. The minimum absolute atomic E-state index is 0.118. The minimum Gasteiger partial charge on any atom is -0.384 e. The van der Waals surface area contributed by atoms with E-state index in [9.17, 15) is 14.4 Å². The number of anilines is 1. The maximum absolute atomic E-state index is 13.3. The molecule has 1 unspecified atom stereocenters. The zero-order valence-corrected chi connectivity index (χ0v) is 16.6. The van der Waals surface area contributed by atoms with Crippen molar-refractivity contribution in [1.29, 1.82) is 0 Å². The Morgan fingerprint density at radius 2 is 1.90 bits per heavy atom. The van der Waals surface area contributed by atoms with Crippen LogP contribution in [0.3, 0.4) is 0 Å². The summed E-state index contributed by atoms with van der Waals surface area (Å²) in [6.07, 6.45) is 4.51. The van der Waals surface area contributed by atoms with Gasteiger partial charge in [0.2, 0.25) is 11.8 Å². The zero-order chi connectivity index (χ0) is 21.3. The number of carbonyl (C=O) groups is 3. The molecular formula is C22H25N5O3. The molecule has 1 aromatic heterocycles. The summed E-state index contributed by atoms with van der Waals surface area (Å²) in [7, 11) is 0. The van der Waals surface area contributed by atoms with Crippen LogP contribution in [-0.4, -0.2) is 45.2 Å². The highest BCUT2D eigenvalue weighted by molar-refractivity contribution is 6.08. The third kappa shape index (κ3) is 3.60. The molecular weight excluding hydrogens is 382 g/mol. The largest absolute Gasteiger partial charge is 0.384 e. The Hall–Kier alpha value is -3.42. The van der Waals surface area contributed by atoms with E-state index in [2.05, 4.69) is 4.98 Å². The molecule has 3 atom stereocenters. The summed E-state index contributed by atoms with van der Waals surface area (Å²) in [4.78, 5) is 45.1. The van der Waals surface area contributed by atoms with Crippen molar-refractivity contribution < 1.29 is 14.4 Å². The lowest BCUT2D eigenvalue weighted by Crippen LogP contribution is -2.70. The quantitative estimate of drug-likeness (QED) is 0.749. The fourth-order valence-corrected chi connectivity index (χ4v) is 4.48. The molecule has 8 heteroatoms. The summed E-state index contributed by atoms with van der Waals surface area (Å²) in [6.45, 7) is 0.541. The highest BCUT2D eigenvalue weighted by Gasteiger charge is 2.55. The van der Waals surface area contributed by atoms with Crippen LogP contribution in [0, 0.1) is 5.92 Å². The van der Waals surface area contributed by atoms with Gasteiger partial charge in [0.05, 0.1) is 12.0 Å². The van der Waals surface area contributed by atoms with Crippen molar-refractivity contribution in [1.82, 2.24) is 14.8 Å². The molecule has 2 fully saturated rings. The van der Waals surface area contributed by atoms with Gasteiger partial charge in [0.15, 0.2) is 0 Å². The predicted octanol–water partition coefficient (Wildman–Crippen LogP) is 1.87. The van der Waals surface area contributed by atoms with E-state index >= 15 is 0 Å². The molecule has 156 valence electrons. The summed E-state index contributed by atoms with van der Waals surface area (Å²) < 4.78 is 0. The third-order valence-corrected chi connectivity index (χ3v) is 5.95. The molecule has 4 rings (SSSR count). The van der Waals surface area contributed by atoms with Crippen LogP contribution in [0.25, 0.3) is 0 Å². The number of benzene rings is 1. The van der Waals surface area contributed by atoms with Gasteiger partial charge < -0.3 is 16.4 Å². The Morgan fingerprint density at radius 1 is 1.13 bits per heavy atom. The van der Waals surface area contributed by atoms with Crippen LogP contribution in [0.5, 0.6) is 0 Å². The van der Waals surface area contributed by atoms with E-state index in [1.807, 2.05) is 30.3 Å². The van der Waals surface area contributed by atoms with Gasteiger partial charge in [-0.3, -0.25) is 14.5 Å². The standard InChI is InChI=1S/C22H25N5O3/c23-18-13-14(9-10-25-18)12-16-19(20(24)28)27(21(16)29)22(30)26-11-5-4-8-17(26)15-6-2-1-3-7-15/h1-3,6-7,9-10,13,16-17,19H,4-5,8,11-12H2,(H2,23,25)(H2,24,28)/t16-,17?,19+/m1/s1. The molecule has 0 aliphatic carbocycles. The number of amides is 4. The molecule has 0 bridgehead atoms. The molecule has 0 saturated carbocycles. The highest BCUT2D eigenvalue weighted by Crippen LogP contribution is 2.36. The van der Waals surface area contributed by atoms with Crippen molar-refractivity contribution in [3.8, 4) is 0 Å². The Labute approximate surface area is 174 Å². The lowest BCUT2D eigenvalue weighted by molar-refractivity contribution is -0.157. The SMILES string of the molecule is NC(=O)[C@@H]1[C@@H](Cc2ccnc(N)c2)C(=O)N1C(=O)N1CCCCC1c1ccccc1. The van der Waals surface area contributed by atoms with E-state index in [-0.39, 0.29) is 18.4 Å². The fourth-order valence-electron chi connectivity index (χ4n) is 4.48. The lowest BCUT2D eigenvalue weighted by atomic mass is 9.82. The maximum atomic E-state index is 13.3. The normalized spacial score (nSPS) is 23.7. The number of rotatable bonds is 4. The molecule has 0 radical (unpaired) electrons. The van der Waals surface area contributed by atoms with Crippen molar-refractivity contribution in [3.05, 3.63) is 59.8 Å². The smallest absolute Gasteiger partial charge is 0.328 e. The maximum Gasteiger partial charge on any atom is 0.328 e. The number of primary amides is 1. The molecule has 4 amide bonds. The number of urea groups is 1. The predicted molar refractivity (Wildman–Crippen MR) is 111 cm³/mol. The van der Waals surface area contributed by atoms with Crippen LogP contribution in [0.2, 0.25) is 0 Å². The molecule has 0 spiro atoms. The Bertz CT molecular complexity index is 964. The number of nitrogens with zero attached hydrogens (tertiary/aromatic N) is 3. The van der Waals surface area contributed by atoms with Crippen LogP contribution >= 0.6 is 0 Å². The van der Waals surface area contributed by atoms with E-state index < -0.39 is 23.9 Å². The first kappa shape index (κ1) is 19.9. The lowest BCUT2D eigenvalue weighted by Gasteiger charge is -2.47. The first-order valence-corrected chi connectivity index (χ1v) is 10.2. The van der Waals surface area contributed by atoms with Crippen molar-refractivity contribution >= 4 is 23.7 Å². The van der Waals surface area contributed by atoms with Crippen LogP contribution in [0.15, 0.2) is 48.7 Å². The second kappa shape index (κ2) is 8.14. The van der Waals surface area contributed by atoms with Crippen molar-refractivity contribution in [2.45, 2.75) is 37.8 Å². The molecule has 2 saturated heterocycles. The van der Waals surface area contributed by atoms with Gasteiger partial charge in [-0.25, -0.2) is 9.78 Å². The number of nitrogen functional groups attached to an aromatic ring is 1. The van der Waals surface area contributed by atoms with Crippen molar-refractivity contribution in [2.75, 3.05) is 12.3 Å². The summed E-state index contributed by atoms with van der Waals surface area (Å²) in [5, 5.41) is 0. The molecule has 2 aromatic rings. The number of hydrogen-bond donors (Lipinski definition) is 2. The number of carbonyl (C=O) groups excluding carboxylic acids is 3. The van der Waals surface area contributed by atoms with Gasteiger partial charge in [-0.05, 0) is 48.9 Å². The summed E-state index contributed by atoms with van der Waals surface area (Å²) >= 11 is 0. The Kier molecular flexibility index (Phi) is 5.39. The third-order valence-electron chi connectivity index (χ3n) is 5.95. The van der Waals surface area contributed by atoms with E-state index in [4.69, 9.17) is 11.5 Å². The van der Waals surface area contributed by atoms with Crippen molar-refractivity contribution in [3.63, 3.8) is 0 Å². The van der Waals surface area contributed by atoms with Gasteiger partial charge in [-0.15, -0.1) is 0 Å². The summed E-state index contributed by atoms with van der Waals surface area (Å²) in [6, 6.07) is 11.6. The molecule has 3 heterocycles. The van der Waals surface area contributed by atoms with Crippen LogP contribution in [-0.2, 0) is 16.0 Å². The number of β-lactam (4-membered cyclic amide) rings is 1. The van der Waals surface area contributed by atoms with Gasteiger partial charge in [-0.1, -0.05) is 30.3 Å². The molecule has 4 N–H and O–H groups in total. The zero-order valence-electron chi connectivity index (χ0n) is 16.6. The number of piperidine rings is 1. The number of pyridine rings is 1. The minimum atomic E-state index is -0.960. The fraction of sp³-hybridized carbons (Fsp3) is 0.364. The number of likely N-dealkylation sites (tertiary alicyclic amines) is 2. The van der Waals surface area contributed by atoms with E-state index in [0.717, 1.165) is 35.3 Å². The van der Waals surface area contributed by atoms with Gasteiger partial charge in [0, 0.05) is 12.7 Å². The van der Waals surface area contributed by atoms with Gasteiger partial charge in [-0.2, -0.15) is 0 Å². The Balaban J connectivity index is 1.55. The van der Waals surface area contributed by atoms with Gasteiger partial charge >= 0.3 is 6.03 Å². The Morgan fingerprint density at radius 3 is 2.60 bits per heavy atom. The number of aromatic nitrogens is 1. The summed E-state index contributed by atoms with van der Waals surface area (Å²) in [5.41, 5.74) is 13.1. The molecule has 30 heavy (non-hydrogen) atoms. The first-order chi connectivity index (χ1) is 14.5. The molecule has 8 nitrogen and oxygen atoms in total. The second-order valence-corrected chi connectivity index (χ2v) is 7.85. The first-order valence-electron chi connectivity index (χ1n) is 10.2. The van der Waals surface area contributed by atoms with Gasteiger partial charge in [0.1, 0.15) is 11.9 Å². The number of hydrogen-bond acceptors (Lipinski definition) is 5. The summed E-state index contributed by atoms with van der Waals surface area (Å²) in [5.74, 6) is -1.39. The van der Waals surface area contributed by atoms with E-state index in [0.29, 0.717) is 12.4 Å². The van der Waals surface area contributed by atoms with Crippen LogP contribution in [0.1, 0.15) is 36.4 Å². The topological polar surface area (TPSA) is 123 Å². The molecule has 1 aromatic carbocycles. The van der Waals surface area contributed by atoms with E-state index in [1.54, 1.807) is 23.2 Å². The average Bonchev–Trinajstić information content (AvgIpc) is 2.75. The average molecular weight is 407 g/mol. The van der Waals surface area contributed by atoms with E-state index in [1.165, 1.54) is 0 Å². The highest BCUT2D eigenvalue weighted by atomic mass is 16.2. The second-order valence-electron chi connectivity index (χ2n) is 7.85. The van der Waals surface area contributed by atoms with Gasteiger partial charge in [0.25, 0.3) is 0 Å². The monoisotopic (exact) mass is 407 g/mol. The van der Waals surface area contributed by atoms with Crippen LogP contribution in [0.4, 0.5) is 10.6 Å².